The van der Waals surface area contributed by atoms with Gasteiger partial charge < -0.3 is 18.9 Å². The van der Waals surface area contributed by atoms with Crippen molar-refractivity contribution in [3.05, 3.63) is 46.3 Å². The molecule has 0 N–H and O–H groups in total. The fraction of sp³-hybridized carbons (Fsp3) is 0.565. The molecule has 30 heavy (non-hydrogen) atoms. The van der Waals surface area contributed by atoms with Crippen molar-refractivity contribution in [2.75, 3.05) is 19.7 Å². The topological polar surface area (TPSA) is 64.8 Å². The largest absolute Gasteiger partial charge is 0.487 e. The SMILES string of the molecule is Cc1cc(C(=O)N2CCC3(CC2)CO[C@@H]2c4cc(Cl)ccc4OC(C)(C)[C@H]2C3)no1. The Morgan fingerprint density at radius 1 is 1.23 bits per heavy atom. The summed E-state index contributed by atoms with van der Waals surface area (Å²) in [6.45, 7) is 8.20. The monoisotopic (exact) mass is 430 g/mol. The summed E-state index contributed by atoms with van der Waals surface area (Å²) in [6.07, 6.45) is 2.84. The number of rotatable bonds is 1. The van der Waals surface area contributed by atoms with E-state index in [2.05, 4.69) is 19.0 Å². The maximum Gasteiger partial charge on any atom is 0.276 e. The molecule has 5 rings (SSSR count). The van der Waals surface area contributed by atoms with Crippen LogP contribution in [-0.2, 0) is 4.74 Å². The van der Waals surface area contributed by atoms with E-state index in [4.69, 9.17) is 25.6 Å². The number of carbonyl (C=O) groups is 1. The number of benzene rings is 1. The van der Waals surface area contributed by atoms with Crippen LogP contribution in [0.25, 0.3) is 0 Å². The molecule has 2 fully saturated rings. The summed E-state index contributed by atoms with van der Waals surface area (Å²) in [7, 11) is 0. The summed E-state index contributed by atoms with van der Waals surface area (Å²) in [5.74, 6) is 1.70. The number of carbonyl (C=O) groups excluding carboxylic acids is 1. The summed E-state index contributed by atoms with van der Waals surface area (Å²) < 4.78 is 17.9. The van der Waals surface area contributed by atoms with Gasteiger partial charge >= 0.3 is 0 Å². The third-order valence-electron chi connectivity index (χ3n) is 7.09. The van der Waals surface area contributed by atoms with Crippen LogP contribution in [0, 0.1) is 18.3 Å². The molecule has 0 aliphatic carbocycles. The summed E-state index contributed by atoms with van der Waals surface area (Å²) in [5.41, 5.74) is 1.17. The second-order valence-corrected chi connectivity index (χ2v) is 9.98. The van der Waals surface area contributed by atoms with Crippen LogP contribution in [0.5, 0.6) is 5.75 Å². The second-order valence-electron chi connectivity index (χ2n) is 9.54. The summed E-state index contributed by atoms with van der Waals surface area (Å²) in [4.78, 5) is 14.6. The van der Waals surface area contributed by atoms with Crippen molar-refractivity contribution in [1.29, 1.82) is 0 Å². The molecule has 6 nitrogen and oxygen atoms in total. The summed E-state index contributed by atoms with van der Waals surface area (Å²) in [5, 5.41) is 4.58. The summed E-state index contributed by atoms with van der Waals surface area (Å²) >= 11 is 6.26. The van der Waals surface area contributed by atoms with Gasteiger partial charge in [-0.2, -0.15) is 0 Å². The number of hydrogen-bond donors (Lipinski definition) is 0. The van der Waals surface area contributed by atoms with Crippen LogP contribution >= 0.6 is 11.6 Å². The van der Waals surface area contributed by atoms with E-state index in [0.717, 1.165) is 30.6 Å². The van der Waals surface area contributed by atoms with Crippen LogP contribution in [0.15, 0.2) is 28.8 Å². The molecule has 1 spiro atoms. The Balaban J connectivity index is 1.32. The average Bonchev–Trinajstić information content (AvgIpc) is 3.15. The lowest BCUT2D eigenvalue weighted by atomic mass is 9.64. The van der Waals surface area contributed by atoms with Gasteiger partial charge in [-0.25, -0.2) is 0 Å². The Kier molecular flexibility index (Phi) is 4.63. The molecule has 0 saturated carbocycles. The van der Waals surface area contributed by atoms with Crippen LogP contribution in [0.1, 0.15) is 61.0 Å². The Hall–Kier alpha value is -2.05. The maximum atomic E-state index is 12.7. The van der Waals surface area contributed by atoms with Gasteiger partial charge in [-0.1, -0.05) is 16.8 Å². The first-order valence-electron chi connectivity index (χ1n) is 10.6. The first kappa shape index (κ1) is 19.9. The minimum absolute atomic E-state index is 0.00848. The van der Waals surface area contributed by atoms with Crippen molar-refractivity contribution >= 4 is 17.5 Å². The molecule has 1 amide bonds. The quantitative estimate of drug-likeness (QED) is 0.649. The van der Waals surface area contributed by atoms with Gasteiger partial charge in [-0.15, -0.1) is 0 Å². The van der Waals surface area contributed by atoms with E-state index in [-0.39, 0.29) is 28.9 Å². The van der Waals surface area contributed by atoms with Gasteiger partial charge in [-0.3, -0.25) is 4.79 Å². The minimum Gasteiger partial charge on any atom is -0.487 e. The molecule has 3 aliphatic heterocycles. The van der Waals surface area contributed by atoms with E-state index in [0.29, 0.717) is 36.2 Å². The normalized spacial score (nSPS) is 26.6. The van der Waals surface area contributed by atoms with Crippen molar-refractivity contribution in [3.63, 3.8) is 0 Å². The lowest BCUT2D eigenvalue weighted by molar-refractivity contribution is -0.173. The highest BCUT2D eigenvalue weighted by atomic mass is 35.5. The highest BCUT2D eigenvalue weighted by Crippen LogP contribution is 2.55. The molecular weight excluding hydrogens is 404 g/mol. The number of aromatic nitrogens is 1. The fourth-order valence-corrected chi connectivity index (χ4v) is 5.47. The predicted molar refractivity (Wildman–Crippen MR) is 112 cm³/mol. The molecular formula is C23H27ClN2O4. The zero-order valence-corrected chi connectivity index (χ0v) is 18.4. The molecule has 0 unspecified atom stereocenters. The van der Waals surface area contributed by atoms with Gasteiger partial charge in [0.2, 0.25) is 0 Å². The number of nitrogens with zero attached hydrogens (tertiary/aromatic N) is 2. The number of amides is 1. The molecule has 1 aromatic heterocycles. The van der Waals surface area contributed by atoms with Crippen molar-refractivity contribution < 1.29 is 18.8 Å². The van der Waals surface area contributed by atoms with Gasteiger partial charge in [0.25, 0.3) is 5.91 Å². The molecule has 7 heteroatoms. The molecule has 160 valence electrons. The number of hydrogen-bond acceptors (Lipinski definition) is 5. The number of aryl methyl sites for hydroxylation is 1. The van der Waals surface area contributed by atoms with Crippen LogP contribution in [-0.4, -0.2) is 41.3 Å². The number of halogens is 1. The van der Waals surface area contributed by atoms with Crippen molar-refractivity contribution in [2.24, 2.45) is 11.3 Å². The number of fused-ring (bicyclic) bond motifs is 3. The number of ether oxygens (including phenoxy) is 2. The van der Waals surface area contributed by atoms with Crippen molar-refractivity contribution in [1.82, 2.24) is 10.1 Å². The third-order valence-corrected chi connectivity index (χ3v) is 7.33. The zero-order valence-electron chi connectivity index (χ0n) is 17.6. The molecule has 2 saturated heterocycles. The van der Waals surface area contributed by atoms with Gasteiger partial charge in [0.05, 0.1) is 12.7 Å². The summed E-state index contributed by atoms with van der Waals surface area (Å²) in [6, 6.07) is 7.48. The molecule has 2 atom stereocenters. The first-order valence-corrected chi connectivity index (χ1v) is 11.0. The molecule has 2 aromatic rings. The van der Waals surface area contributed by atoms with E-state index in [1.54, 1.807) is 13.0 Å². The van der Waals surface area contributed by atoms with Gasteiger partial charge in [-0.05, 0) is 63.6 Å². The molecule has 4 heterocycles. The highest BCUT2D eigenvalue weighted by Gasteiger charge is 2.53. The van der Waals surface area contributed by atoms with Gasteiger partial charge in [0, 0.05) is 35.7 Å². The van der Waals surface area contributed by atoms with Crippen LogP contribution < -0.4 is 4.74 Å². The first-order chi connectivity index (χ1) is 14.3. The lowest BCUT2D eigenvalue weighted by Gasteiger charge is -2.54. The van der Waals surface area contributed by atoms with E-state index in [9.17, 15) is 4.79 Å². The van der Waals surface area contributed by atoms with E-state index in [1.165, 1.54) is 0 Å². The minimum atomic E-state index is -0.329. The van der Waals surface area contributed by atoms with Crippen LogP contribution in [0.4, 0.5) is 0 Å². The van der Waals surface area contributed by atoms with E-state index < -0.39 is 0 Å². The van der Waals surface area contributed by atoms with Gasteiger partial charge in [0.15, 0.2) is 5.69 Å². The smallest absolute Gasteiger partial charge is 0.276 e. The Labute approximate surface area is 181 Å². The lowest BCUT2D eigenvalue weighted by Crippen LogP contribution is -2.54. The molecule has 0 bridgehead atoms. The van der Waals surface area contributed by atoms with Crippen LogP contribution in [0.2, 0.25) is 5.02 Å². The van der Waals surface area contributed by atoms with Crippen LogP contribution in [0.3, 0.4) is 0 Å². The van der Waals surface area contributed by atoms with E-state index >= 15 is 0 Å². The Morgan fingerprint density at radius 2 is 2.00 bits per heavy atom. The predicted octanol–water partition coefficient (Wildman–Crippen LogP) is 4.81. The molecule has 1 aromatic carbocycles. The standard InChI is InChI=1S/C23H27ClN2O4/c1-14-10-18(25-30-14)21(27)26-8-6-23(7-9-26)12-17-20(28-13-23)16-11-15(24)4-5-19(16)29-22(17,2)3/h4-5,10-11,17,20H,6-9,12-13H2,1-3H3/t17-,20+/m0/s1. The number of piperidine rings is 1. The third kappa shape index (κ3) is 3.30. The van der Waals surface area contributed by atoms with Crippen molar-refractivity contribution in [3.8, 4) is 5.75 Å². The Bertz CT molecular complexity index is 977. The average molecular weight is 431 g/mol. The maximum absolute atomic E-state index is 12.7. The van der Waals surface area contributed by atoms with Gasteiger partial charge in [0.1, 0.15) is 17.1 Å². The van der Waals surface area contributed by atoms with Crippen molar-refractivity contribution in [2.45, 2.75) is 51.7 Å². The number of likely N-dealkylation sites (tertiary alicyclic amines) is 1. The van der Waals surface area contributed by atoms with E-state index in [1.807, 2.05) is 23.1 Å². The zero-order chi connectivity index (χ0) is 21.1. The fourth-order valence-electron chi connectivity index (χ4n) is 5.29. The Morgan fingerprint density at radius 3 is 2.70 bits per heavy atom. The second kappa shape index (κ2) is 6.99. The molecule has 0 radical (unpaired) electrons. The molecule has 3 aliphatic rings. The highest BCUT2D eigenvalue weighted by molar-refractivity contribution is 6.30.